The molecule has 0 radical (unpaired) electrons. The number of alkyl halides is 3. The van der Waals surface area contributed by atoms with Crippen LogP contribution in [0, 0.1) is 6.92 Å². The van der Waals surface area contributed by atoms with Crippen molar-refractivity contribution in [2.24, 2.45) is 5.73 Å². The summed E-state index contributed by atoms with van der Waals surface area (Å²) in [7, 11) is 0. The second-order valence-corrected chi connectivity index (χ2v) is 5.45. The molecular formula is C16H15F3N2O2. The van der Waals surface area contributed by atoms with E-state index in [1.165, 1.54) is 12.1 Å². The van der Waals surface area contributed by atoms with Gasteiger partial charge in [0.1, 0.15) is 17.2 Å². The van der Waals surface area contributed by atoms with Crippen molar-refractivity contribution in [1.82, 2.24) is 4.98 Å². The van der Waals surface area contributed by atoms with Crippen LogP contribution < -0.4 is 15.2 Å². The molecule has 122 valence electrons. The summed E-state index contributed by atoms with van der Waals surface area (Å²) in [6.45, 7) is 1.96. The summed E-state index contributed by atoms with van der Waals surface area (Å²) in [5.41, 5.74) is 7.23. The number of ether oxygens (including phenoxy) is 2. The van der Waals surface area contributed by atoms with Crippen LogP contribution in [-0.4, -0.2) is 18.0 Å². The van der Waals surface area contributed by atoms with Gasteiger partial charge in [0.05, 0.1) is 12.1 Å². The zero-order valence-electron chi connectivity index (χ0n) is 12.4. The molecule has 7 heteroatoms. The van der Waals surface area contributed by atoms with Crippen LogP contribution in [0.25, 0.3) is 0 Å². The molecule has 0 unspecified atom stereocenters. The molecule has 2 aromatic rings. The van der Waals surface area contributed by atoms with Crippen molar-refractivity contribution in [2.45, 2.75) is 25.2 Å². The summed E-state index contributed by atoms with van der Waals surface area (Å²) >= 11 is 0. The monoisotopic (exact) mass is 324 g/mol. The Bertz CT molecular complexity index is 734. The van der Waals surface area contributed by atoms with Gasteiger partial charge in [-0.15, -0.1) is 13.2 Å². The molecule has 1 atom stereocenters. The number of rotatable bonds is 2. The molecule has 0 amide bonds. The van der Waals surface area contributed by atoms with Gasteiger partial charge in [-0.2, -0.15) is 0 Å². The summed E-state index contributed by atoms with van der Waals surface area (Å²) in [6.07, 6.45) is -2.63. The smallest absolute Gasteiger partial charge is 0.491 e. The molecule has 3 rings (SSSR count). The van der Waals surface area contributed by atoms with E-state index in [2.05, 4.69) is 9.72 Å². The van der Waals surface area contributed by atoms with Gasteiger partial charge in [-0.05, 0) is 36.2 Å². The van der Waals surface area contributed by atoms with Gasteiger partial charge in [0, 0.05) is 12.6 Å². The third kappa shape index (κ3) is 2.96. The molecule has 0 saturated carbocycles. The Morgan fingerprint density at radius 3 is 2.78 bits per heavy atom. The first-order valence-electron chi connectivity index (χ1n) is 7.04. The standard InChI is InChI=1S/C16H15F3N2O2/c1-10-9-11(4-5-12(10)23-16(17,18)19)15(20)6-8-22-13-3-2-7-21-14(13)15/h2-5,7,9H,6,8,20H2,1H3/t15-/m0/s1. The molecule has 0 fully saturated rings. The van der Waals surface area contributed by atoms with Crippen LogP contribution in [0.4, 0.5) is 13.2 Å². The SMILES string of the molecule is Cc1cc([C@@]2(N)CCOc3cccnc32)ccc1OC(F)(F)F. The van der Waals surface area contributed by atoms with Gasteiger partial charge in [-0.25, -0.2) is 0 Å². The van der Waals surface area contributed by atoms with E-state index in [9.17, 15) is 13.2 Å². The Morgan fingerprint density at radius 1 is 1.30 bits per heavy atom. The molecule has 2 heterocycles. The van der Waals surface area contributed by atoms with Crippen molar-refractivity contribution < 1.29 is 22.6 Å². The van der Waals surface area contributed by atoms with Crippen molar-refractivity contribution in [1.29, 1.82) is 0 Å². The Morgan fingerprint density at radius 2 is 2.09 bits per heavy atom. The van der Waals surface area contributed by atoms with E-state index in [0.717, 1.165) is 0 Å². The van der Waals surface area contributed by atoms with Crippen molar-refractivity contribution >= 4 is 0 Å². The first kappa shape index (κ1) is 15.6. The first-order chi connectivity index (χ1) is 10.8. The van der Waals surface area contributed by atoms with Crippen molar-refractivity contribution in [3.63, 3.8) is 0 Å². The van der Waals surface area contributed by atoms with E-state index in [-0.39, 0.29) is 5.75 Å². The minimum absolute atomic E-state index is 0.238. The van der Waals surface area contributed by atoms with E-state index in [1.807, 2.05) is 0 Å². The van der Waals surface area contributed by atoms with E-state index in [0.29, 0.717) is 35.6 Å². The maximum absolute atomic E-state index is 12.4. The lowest BCUT2D eigenvalue weighted by Crippen LogP contribution is -2.43. The minimum atomic E-state index is -4.72. The minimum Gasteiger partial charge on any atom is -0.491 e. The summed E-state index contributed by atoms with van der Waals surface area (Å²) in [5.74, 6) is 0.354. The third-order valence-corrected chi connectivity index (χ3v) is 3.86. The zero-order valence-corrected chi connectivity index (χ0v) is 12.4. The maximum Gasteiger partial charge on any atom is 0.573 e. The van der Waals surface area contributed by atoms with E-state index < -0.39 is 11.9 Å². The quantitative estimate of drug-likeness (QED) is 0.921. The average Bonchev–Trinajstić information content (AvgIpc) is 2.48. The summed E-state index contributed by atoms with van der Waals surface area (Å²) < 4.78 is 46.7. The van der Waals surface area contributed by atoms with Gasteiger partial charge >= 0.3 is 6.36 Å². The van der Waals surface area contributed by atoms with Crippen molar-refractivity contribution in [2.75, 3.05) is 6.61 Å². The molecule has 23 heavy (non-hydrogen) atoms. The second-order valence-electron chi connectivity index (χ2n) is 5.45. The number of aryl methyl sites for hydroxylation is 1. The molecule has 0 aliphatic carbocycles. The largest absolute Gasteiger partial charge is 0.573 e. The number of pyridine rings is 1. The highest BCUT2D eigenvalue weighted by Crippen LogP contribution is 2.39. The highest BCUT2D eigenvalue weighted by atomic mass is 19.4. The average molecular weight is 324 g/mol. The number of nitrogens with zero attached hydrogens (tertiary/aromatic N) is 1. The molecule has 0 spiro atoms. The Labute approximate surface area is 131 Å². The first-order valence-corrected chi connectivity index (χ1v) is 7.04. The van der Waals surface area contributed by atoms with Gasteiger partial charge in [0.2, 0.25) is 0 Å². The van der Waals surface area contributed by atoms with E-state index in [1.54, 1.807) is 31.3 Å². The fourth-order valence-electron chi connectivity index (χ4n) is 2.73. The fourth-order valence-corrected chi connectivity index (χ4v) is 2.73. The van der Waals surface area contributed by atoms with E-state index in [4.69, 9.17) is 10.5 Å². The fraction of sp³-hybridized carbons (Fsp3) is 0.312. The van der Waals surface area contributed by atoms with Crippen LogP contribution in [-0.2, 0) is 5.54 Å². The third-order valence-electron chi connectivity index (χ3n) is 3.86. The molecule has 0 saturated heterocycles. The predicted molar refractivity (Wildman–Crippen MR) is 77.2 cm³/mol. The summed E-state index contributed by atoms with van der Waals surface area (Å²) in [4.78, 5) is 4.30. The van der Waals surface area contributed by atoms with Crippen molar-refractivity contribution in [3.05, 3.63) is 53.3 Å². The molecule has 1 aliphatic heterocycles. The Balaban J connectivity index is 2.01. The number of nitrogens with two attached hydrogens (primary N) is 1. The summed E-state index contributed by atoms with van der Waals surface area (Å²) in [6, 6.07) is 7.95. The maximum atomic E-state index is 12.4. The summed E-state index contributed by atoms with van der Waals surface area (Å²) in [5, 5.41) is 0. The molecule has 1 aromatic heterocycles. The number of fused-ring (bicyclic) bond motifs is 1. The van der Waals surface area contributed by atoms with Gasteiger partial charge < -0.3 is 15.2 Å². The molecule has 1 aliphatic rings. The molecular weight excluding hydrogens is 309 g/mol. The zero-order chi connectivity index (χ0) is 16.7. The molecule has 4 nitrogen and oxygen atoms in total. The Kier molecular flexibility index (Phi) is 3.68. The normalized spacial score (nSPS) is 20.6. The predicted octanol–water partition coefficient (Wildman–Crippen LogP) is 3.27. The molecule has 0 bridgehead atoms. The number of aromatic nitrogens is 1. The van der Waals surface area contributed by atoms with E-state index >= 15 is 0 Å². The lowest BCUT2D eigenvalue weighted by Gasteiger charge is -2.35. The van der Waals surface area contributed by atoms with Gasteiger partial charge in [-0.3, -0.25) is 4.98 Å². The van der Waals surface area contributed by atoms with Crippen LogP contribution in [0.1, 0.15) is 23.2 Å². The van der Waals surface area contributed by atoms with Crippen molar-refractivity contribution in [3.8, 4) is 11.5 Å². The van der Waals surface area contributed by atoms with Gasteiger partial charge in [-0.1, -0.05) is 12.1 Å². The number of hydrogen-bond acceptors (Lipinski definition) is 4. The van der Waals surface area contributed by atoms with Crippen LogP contribution in [0.2, 0.25) is 0 Å². The van der Waals surface area contributed by atoms with Crippen LogP contribution in [0.5, 0.6) is 11.5 Å². The highest BCUT2D eigenvalue weighted by molar-refractivity contribution is 5.47. The number of benzene rings is 1. The molecule has 1 aromatic carbocycles. The lowest BCUT2D eigenvalue weighted by atomic mass is 9.82. The van der Waals surface area contributed by atoms with Crippen LogP contribution in [0.15, 0.2) is 36.5 Å². The Hall–Kier alpha value is -2.28. The van der Waals surface area contributed by atoms with Gasteiger partial charge in [0.15, 0.2) is 0 Å². The molecule has 2 N–H and O–H groups in total. The van der Waals surface area contributed by atoms with Crippen LogP contribution >= 0.6 is 0 Å². The van der Waals surface area contributed by atoms with Gasteiger partial charge in [0.25, 0.3) is 0 Å². The second kappa shape index (κ2) is 5.42. The number of halogens is 3. The van der Waals surface area contributed by atoms with Crippen LogP contribution in [0.3, 0.4) is 0 Å². The highest BCUT2D eigenvalue weighted by Gasteiger charge is 2.38. The lowest BCUT2D eigenvalue weighted by molar-refractivity contribution is -0.274. The topological polar surface area (TPSA) is 57.4 Å². The number of hydrogen-bond donors (Lipinski definition) is 1.